The lowest BCUT2D eigenvalue weighted by Gasteiger charge is -2.34. The molecule has 1 fully saturated rings. The second kappa shape index (κ2) is 8.81. The molecular weight excluding hydrogens is 364 g/mol. The van der Waals surface area contributed by atoms with Crippen molar-refractivity contribution < 1.29 is 24.1 Å². The Balaban J connectivity index is 1.95. The average Bonchev–Trinajstić information content (AvgIpc) is 2.63. The number of carbonyl (C=O) groups excluding carboxylic acids is 2. The van der Waals surface area contributed by atoms with Crippen molar-refractivity contribution in [2.24, 2.45) is 0 Å². The van der Waals surface area contributed by atoms with Crippen LogP contribution in [0.15, 0.2) is 18.2 Å². The minimum Gasteiger partial charge on any atom is -0.450 e. The van der Waals surface area contributed by atoms with Gasteiger partial charge in [0, 0.05) is 12.1 Å². The number of rotatable bonds is 5. The molecule has 1 aromatic rings. The van der Waals surface area contributed by atoms with E-state index < -0.39 is 11.0 Å². The van der Waals surface area contributed by atoms with Crippen LogP contribution in [0.4, 0.5) is 16.2 Å². The highest BCUT2D eigenvalue weighted by atomic mass is 35.5. The third-order valence-electron chi connectivity index (χ3n) is 4.36. The van der Waals surface area contributed by atoms with Gasteiger partial charge < -0.3 is 15.0 Å². The van der Waals surface area contributed by atoms with Crippen molar-refractivity contribution in [2.75, 3.05) is 38.1 Å². The van der Waals surface area contributed by atoms with Crippen molar-refractivity contribution in [1.29, 1.82) is 0 Å². The molecule has 2 N–H and O–H groups in total. The van der Waals surface area contributed by atoms with Crippen LogP contribution < -0.4 is 10.2 Å². The lowest BCUT2D eigenvalue weighted by Crippen LogP contribution is -3.19. The van der Waals surface area contributed by atoms with E-state index in [2.05, 4.69) is 5.32 Å². The first-order chi connectivity index (χ1) is 12.3. The van der Waals surface area contributed by atoms with E-state index >= 15 is 0 Å². The van der Waals surface area contributed by atoms with Gasteiger partial charge in [0.15, 0.2) is 6.04 Å². The zero-order valence-corrected chi connectivity index (χ0v) is 15.4. The molecule has 0 aromatic heterocycles. The van der Waals surface area contributed by atoms with E-state index in [1.54, 1.807) is 18.7 Å². The third-order valence-corrected chi connectivity index (χ3v) is 4.69. The van der Waals surface area contributed by atoms with E-state index in [0.29, 0.717) is 32.8 Å². The maximum atomic E-state index is 12.5. The number of quaternary nitrogens is 1. The molecule has 1 saturated heterocycles. The number of nitro benzene ring substituents is 1. The summed E-state index contributed by atoms with van der Waals surface area (Å²) in [6, 6.07) is 3.50. The number of hydrogen-bond donors (Lipinski definition) is 2. The Morgan fingerprint density at radius 3 is 2.65 bits per heavy atom. The molecule has 26 heavy (non-hydrogen) atoms. The van der Waals surface area contributed by atoms with Crippen molar-refractivity contribution in [1.82, 2.24) is 4.90 Å². The normalized spacial score (nSPS) is 16.0. The van der Waals surface area contributed by atoms with Crippen LogP contribution >= 0.6 is 11.6 Å². The van der Waals surface area contributed by atoms with E-state index in [1.165, 1.54) is 18.2 Å². The van der Waals surface area contributed by atoms with Gasteiger partial charge in [0.1, 0.15) is 0 Å². The number of nitrogens with one attached hydrogen (secondary N) is 2. The summed E-state index contributed by atoms with van der Waals surface area (Å²) in [5, 5.41) is 13.8. The number of benzene rings is 1. The molecule has 0 saturated carbocycles. The molecule has 0 radical (unpaired) electrons. The Morgan fingerprint density at radius 1 is 1.42 bits per heavy atom. The summed E-state index contributed by atoms with van der Waals surface area (Å²) >= 11 is 6.02. The van der Waals surface area contributed by atoms with Crippen LogP contribution in [0.25, 0.3) is 0 Å². The lowest BCUT2D eigenvalue weighted by molar-refractivity contribution is -0.917. The number of nitro groups is 1. The molecule has 0 unspecified atom stereocenters. The van der Waals surface area contributed by atoms with Crippen molar-refractivity contribution in [3.8, 4) is 0 Å². The van der Waals surface area contributed by atoms with Gasteiger partial charge >= 0.3 is 6.09 Å². The maximum Gasteiger partial charge on any atom is 0.410 e. The van der Waals surface area contributed by atoms with Crippen molar-refractivity contribution >= 4 is 35.0 Å². The van der Waals surface area contributed by atoms with Crippen LogP contribution in [0, 0.1) is 10.1 Å². The molecular formula is C16H22ClN4O5+. The zero-order chi connectivity index (χ0) is 19.3. The second-order valence-corrected chi connectivity index (χ2v) is 6.38. The quantitative estimate of drug-likeness (QED) is 0.579. The third kappa shape index (κ3) is 4.83. The van der Waals surface area contributed by atoms with Crippen LogP contribution in [0.5, 0.6) is 0 Å². The fraction of sp³-hybridized carbons (Fsp3) is 0.500. The monoisotopic (exact) mass is 385 g/mol. The summed E-state index contributed by atoms with van der Waals surface area (Å²) in [5.74, 6) is -0.285. The van der Waals surface area contributed by atoms with Gasteiger partial charge in [0.25, 0.3) is 11.6 Å². The lowest BCUT2D eigenvalue weighted by atomic mass is 10.2. The molecule has 2 rings (SSSR count). The molecule has 10 heteroatoms. The molecule has 1 heterocycles. The molecule has 1 aromatic carbocycles. The van der Waals surface area contributed by atoms with Gasteiger partial charge in [0.05, 0.1) is 48.4 Å². The highest BCUT2D eigenvalue weighted by molar-refractivity contribution is 6.33. The molecule has 142 valence electrons. The minimum absolute atomic E-state index is 0.146. The highest BCUT2D eigenvalue weighted by Gasteiger charge is 2.31. The number of carbonyl (C=O) groups is 2. The van der Waals surface area contributed by atoms with Crippen LogP contribution in [0.3, 0.4) is 0 Å². The van der Waals surface area contributed by atoms with Crippen LogP contribution in [0.2, 0.25) is 5.02 Å². The van der Waals surface area contributed by atoms with Crippen LogP contribution in [-0.2, 0) is 9.53 Å². The van der Waals surface area contributed by atoms with Gasteiger partial charge in [0.2, 0.25) is 0 Å². The number of anilines is 1. The van der Waals surface area contributed by atoms with Crippen molar-refractivity contribution in [2.45, 2.75) is 19.9 Å². The number of piperazine rings is 1. The number of ether oxygens (including phenoxy) is 1. The van der Waals surface area contributed by atoms with Gasteiger partial charge in [-0.05, 0) is 19.9 Å². The summed E-state index contributed by atoms with van der Waals surface area (Å²) in [6.45, 7) is 6.08. The zero-order valence-electron chi connectivity index (χ0n) is 14.7. The van der Waals surface area contributed by atoms with Gasteiger partial charge in [-0.1, -0.05) is 11.6 Å². The van der Waals surface area contributed by atoms with E-state index in [-0.39, 0.29) is 28.4 Å². The first-order valence-corrected chi connectivity index (χ1v) is 8.72. The largest absolute Gasteiger partial charge is 0.450 e. The molecule has 0 bridgehead atoms. The number of nitrogens with zero attached hydrogens (tertiary/aromatic N) is 2. The van der Waals surface area contributed by atoms with E-state index in [0.717, 1.165) is 4.90 Å². The topological polar surface area (TPSA) is 106 Å². The summed E-state index contributed by atoms with van der Waals surface area (Å²) < 4.78 is 4.98. The SMILES string of the molecule is CCOC(=O)N1CC[NH+]([C@H](C)C(=O)Nc2cc([N+](=O)[O-])ccc2Cl)CC1. The minimum atomic E-state index is -0.546. The number of halogens is 1. The van der Waals surface area contributed by atoms with Gasteiger partial charge in [-0.15, -0.1) is 0 Å². The highest BCUT2D eigenvalue weighted by Crippen LogP contribution is 2.26. The summed E-state index contributed by atoms with van der Waals surface area (Å²) in [6.07, 6.45) is -0.341. The second-order valence-electron chi connectivity index (χ2n) is 5.98. The van der Waals surface area contributed by atoms with E-state index in [1.807, 2.05) is 0 Å². The molecule has 1 aliphatic heterocycles. The summed E-state index contributed by atoms with van der Waals surface area (Å²) in [4.78, 5) is 37.2. The Bertz CT molecular complexity index is 691. The first kappa shape index (κ1) is 19.9. The fourth-order valence-electron chi connectivity index (χ4n) is 2.77. The van der Waals surface area contributed by atoms with Gasteiger partial charge in [-0.25, -0.2) is 4.79 Å². The van der Waals surface area contributed by atoms with Gasteiger partial charge in [-0.3, -0.25) is 19.8 Å². The molecule has 2 amide bonds. The predicted octanol–water partition coefficient (Wildman–Crippen LogP) is 0.932. The Labute approximate surface area is 156 Å². The Hall–Kier alpha value is -2.39. The number of non-ortho nitro benzene ring substituents is 1. The molecule has 1 aliphatic rings. The van der Waals surface area contributed by atoms with E-state index in [9.17, 15) is 19.7 Å². The molecule has 0 spiro atoms. The van der Waals surface area contributed by atoms with E-state index in [4.69, 9.17) is 16.3 Å². The smallest absolute Gasteiger partial charge is 0.410 e. The molecule has 1 atom stereocenters. The van der Waals surface area contributed by atoms with Crippen molar-refractivity contribution in [3.05, 3.63) is 33.3 Å². The fourth-order valence-corrected chi connectivity index (χ4v) is 2.94. The first-order valence-electron chi connectivity index (χ1n) is 8.34. The van der Waals surface area contributed by atoms with Gasteiger partial charge in [-0.2, -0.15) is 0 Å². The summed E-state index contributed by atoms with van der Waals surface area (Å²) in [5.41, 5.74) is 0.0648. The Kier molecular flexibility index (Phi) is 6.76. The molecule has 9 nitrogen and oxygen atoms in total. The Morgan fingerprint density at radius 2 is 2.08 bits per heavy atom. The summed E-state index contributed by atoms with van der Waals surface area (Å²) in [7, 11) is 0. The van der Waals surface area contributed by atoms with Crippen LogP contribution in [0.1, 0.15) is 13.8 Å². The predicted molar refractivity (Wildman–Crippen MR) is 95.5 cm³/mol. The maximum absolute atomic E-state index is 12.5. The van der Waals surface area contributed by atoms with Crippen molar-refractivity contribution in [3.63, 3.8) is 0 Å². The standard InChI is InChI=1S/C16H21ClN4O5/c1-3-26-16(23)20-8-6-19(7-9-20)11(2)15(22)18-14-10-12(21(24)25)4-5-13(14)17/h4-5,10-11H,3,6-9H2,1-2H3,(H,18,22)/p+1/t11-/m1/s1. The number of hydrogen-bond acceptors (Lipinski definition) is 5. The average molecular weight is 386 g/mol. The van der Waals surface area contributed by atoms with Crippen LogP contribution in [-0.4, -0.2) is 60.7 Å². The number of amides is 2. The molecule has 0 aliphatic carbocycles.